The van der Waals surface area contributed by atoms with Gasteiger partial charge in [-0.15, -0.1) is 0 Å². The van der Waals surface area contributed by atoms with Gasteiger partial charge in [0.05, 0.1) is 30.6 Å². The van der Waals surface area contributed by atoms with Gasteiger partial charge in [-0.25, -0.2) is 4.98 Å². The van der Waals surface area contributed by atoms with Gasteiger partial charge in [0.15, 0.2) is 0 Å². The lowest BCUT2D eigenvalue weighted by Gasteiger charge is -2.32. The van der Waals surface area contributed by atoms with Crippen LogP contribution in [0.25, 0.3) is 0 Å². The molecule has 1 aromatic heterocycles. The van der Waals surface area contributed by atoms with E-state index in [-0.39, 0.29) is 0 Å². The molecule has 6 heteroatoms. The van der Waals surface area contributed by atoms with E-state index in [0.717, 1.165) is 0 Å². The first kappa shape index (κ1) is 8.12. The maximum atomic E-state index is 14.3. The van der Waals surface area contributed by atoms with Crippen LogP contribution in [0.15, 0.2) is 12.2 Å². The Morgan fingerprint density at radius 1 is 1.39 bits per heavy atom. The third-order valence-corrected chi connectivity index (χ3v) is 3.38. The van der Waals surface area contributed by atoms with Crippen LogP contribution in [-0.4, -0.2) is 30.3 Å². The highest BCUT2D eigenvalue weighted by Crippen LogP contribution is 2.37. The van der Waals surface area contributed by atoms with Gasteiger partial charge in [0, 0.05) is 6.17 Å². The normalized spacial score (nSPS) is 25.8. The van der Waals surface area contributed by atoms with E-state index in [4.69, 9.17) is 20.9 Å². The fraction of sp³-hybridized carbons (Fsp3) is 0.583. The third kappa shape index (κ3) is 1.99. The average molecular weight is 258 g/mol. The molecular weight excluding hydrogens is 236 g/mol. The highest BCUT2D eigenvalue weighted by molar-refractivity contribution is 6.63. The van der Waals surface area contributed by atoms with Crippen LogP contribution < -0.4 is 10.2 Å². The van der Waals surface area contributed by atoms with Crippen molar-refractivity contribution in [3.8, 4) is 5.75 Å². The van der Waals surface area contributed by atoms with Crippen molar-refractivity contribution >= 4 is 12.6 Å². The molecular formula is C12H17BFNO3. The molecule has 0 aromatic carbocycles. The number of pyridine rings is 1. The van der Waals surface area contributed by atoms with Crippen molar-refractivity contribution in [1.29, 1.82) is 0 Å². The van der Waals surface area contributed by atoms with Crippen LogP contribution in [-0.2, 0) is 9.31 Å². The van der Waals surface area contributed by atoms with Gasteiger partial charge in [-0.1, -0.05) is 0 Å². The van der Waals surface area contributed by atoms with Crippen LogP contribution in [0.1, 0.15) is 34.5 Å². The number of rotatable bonds is 2. The van der Waals surface area contributed by atoms with E-state index >= 15 is 0 Å². The first-order valence-corrected chi connectivity index (χ1v) is 5.46. The van der Waals surface area contributed by atoms with Crippen molar-refractivity contribution in [2.75, 3.05) is 7.04 Å². The maximum Gasteiger partial charge on any atom is 0.503 e. The van der Waals surface area contributed by atoms with E-state index in [1.165, 1.54) is 0 Å². The van der Waals surface area contributed by atoms with Gasteiger partial charge in [0.1, 0.15) is 5.75 Å². The maximum absolute atomic E-state index is 14.3. The molecule has 0 saturated carbocycles. The van der Waals surface area contributed by atoms with Crippen molar-refractivity contribution in [2.45, 2.75) is 38.9 Å². The van der Waals surface area contributed by atoms with Crippen LogP contribution in [0.2, 0.25) is 0 Å². The monoisotopic (exact) mass is 258 g/mol. The number of methoxy groups -OCH3 is 1. The Hall–Kier alpha value is -1.14. The van der Waals surface area contributed by atoms with Gasteiger partial charge in [-0.05, 0) is 33.7 Å². The van der Waals surface area contributed by atoms with E-state index in [9.17, 15) is 4.39 Å². The molecule has 1 aromatic rings. The van der Waals surface area contributed by atoms with Crippen molar-refractivity contribution in [1.82, 2.24) is 4.98 Å². The first-order chi connectivity index (χ1) is 10.3. The van der Waals surface area contributed by atoms with Crippen molar-refractivity contribution in [2.24, 2.45) is 0 Å². The second kappa shape index (κ2) is 4.21. The summed E-state index contributed by atoms with van der Waals surface area (Å²) in [7, 11) is -4.22. The number of aromatic nitrogens is 1. The molecule has 0 amide bonds. The standard InChI is InChI=1S/C12H17BFNO3/c1-11(2)12(3,4)18-13(17-11)9-8(16-5)6-7-15-10(9)14/h6-7H,1-5H3/i5D3,6D,7D. The van der Waals surface area contributed by atoms with Gasteiger partial charge < -0.3 is 14.0 Å². The smallest absolute Gasteiger partial charge is 0.497 e. The zero-order valence-electron chi connectivity index (χ0n) is 15.6. The Kier molecular flexibility index (Phi) is 1.90. The lowest BCUT2D eigenvalue weighted by molar-refractivity contribution is 0.00578. The van der Waals surface area contributed by atoms with Crippen molar-refractivity contribution in [3.05, 3.63) is 18.2 Å². The fourth-order valence-corrected chi connectivity index (χ4v) is 1.59. The fourth-order valence-electron chi connectivity index (χ4n) is 1.59. The van der Waals surface area contributed by atoms with E-state index in [2.05, 4.69) is 4.98 Å². The van der Waals surface area contributed by atoms with Crippen LogP contribution in [0.4, 0.5) is 4.39 Å². The lowest BCUT2D eigenvalue weighted by atomic mass is 9.79. The SMILES string of the molecule is [2H]c1nc(F)c(B2OC(C)(C)C(C)(C)O2)c(OC([2H])([2H])[2H])c1[2H]. The molecule has 1 saturated heterocycles. The highest BCUT2D eigenvalue weighted by Gasteiger charge is 2.53. The molecule has 0 radical (unpaired) electrons. The van der Waals surface area contributed by atoms with Crippen LogP contribution in [0.5, 0.6) is 5.75 Å². The molecule has 0 N–H and O–H groups in total. The molecule has 1 fully saturated rings. The molecule has 18 heavy (non-hydrogen) atoms. The first-order valence-electron chi connectivity index (χ1n) is 7.96. The molecule has 1 aliphatic heterocycles. The van der Waals surface area contributed by atoms with Gasteiger partial charge in [-0.3, -0.25) is 0 Å². The summed E-state index contributed by atoms with van der Waals surface area (Å²) >= 11 is 0. The summed E-state index contributed by atoms with van der Waals surface area (Å²) in [4.78, 5) is 3.29. The van der Waals surface area contributed by atoms with Gasteiger partial charge in [0.2, 0.25) is 5.95 Å². The topological polar surface area (TPSA) is 40.6 Å². The Morgan fingerprint density at radius 2 is 2.00 bits per heavy atom. The minimum atomic E-state index is -2.92. The highest BCUT2D eigenvalue weighted by atomic mass is 19.1. The molecule has 0 bridgehead atoms. The summed E-state index contributed by atoms with van der Waals surface area (Å²) < 4.78 is 67.1. The van der Waals surface area contributed by atoms with E-state index in [1.807, 2.05) is 0 Å². The molecule has 98 valence electrons. The second-order valence-electron chi connectivity index (χ2n) is 5.07. The minimum absolute atomic E-state index is 0.430. The number of halogens is 1. The summed E-state index contributed by atoms with van der Waals surface area (Å²) in [5, 5.41) is 0. The Balaban J connectivity index is 2.57. The largest absolute Gasteiger partial charge is 0.503 e. The van der Waals surface area contributed by atoms with E-state index < -0.39 is 54.7 Å². The molecule has 4 nitrogen and oxygen atoms in total. The number of hydrogen-bond donors (Lipinski definition) is 0. The predicted octanol–water partition coefficient (Wildman–Crippen LogP) is 1.53. The van der Waals surface area contributed by atoms with Crippen molar-refractivity contribution < 1.29 is 25.3 Å². The summed E-state index contributed by atoms with van der Waals surface area (Å²) in [5.74, 6) is -1.79. The molecule has 0 unspecified atom stereocenters. The molecule has 2 heterocycles. The van der Waals surface area contributed by atoms with Gasteiger partial charge in [0.25, 0.3) is 0 Å². The molecule has 0 atom stereocenters. The summed E-state index contributed by atoms with van der Waals surface area (Å²) in [6.07, 6.45) is -0.734. The Morgan fingerprint density at radius 3 is 2.56 bits per heavy atom. The second-order valence-corrected chi connectivity index (χ2v) is 5.07. The molecule has 2 rings (SSSR count). The van der Waals surface area contributed by atoms with Crippen LogP contribution in [0, 0.1) is 5.95 Å². The number of nitrogens with zero attached hydrogens (tertiary/aromatic N) is 1. The number of hydrogen-bond acceptors (Lipinski definition) is 4. The zero-order chi connectivity index (χ0) is 17.8. The molecule has 1 aliphatic rings. The summed E-state index contributed by atoms with van der Waals surface area (Å²) in [6.45, 7) is 6.96. The van der Waals surface area contributed by atoms with E-state index in [1.54, 1.807) is 27.7 Å². The van der Waals surface area contributed by atoms with Gasteiger partial charge >= 0.3 is 7.12 Å². The Bertz CT molecular complexity index is 622. The average Bonchev–Trinajstić information content (AvgIpc) is 2.53. The number of ether oxygens (including phenoxy) is 1. The predicted molar refractivity (Wildman–Crippen MR) is 66.5 cm³/mol. The van der Waals surface area contributed by atoms with Crippen LogP contribution >= 0.6 is 0 Å². The molecule has 0 aliphatic carbocycles. The third-order valence-electron chi connectivity index (χ3n) is 3.38. The quantitative estimate of drug-likeness (QED) is 0.595. The minimum Gasteiger partial charge on any atom is -0.497 e. The Labute approximate surface area is 114 Å². The van der Waals surface area contributed by atoms with E-state index in [0.29, 0.717) is 0 Å². The van der Waals surface area contributed by atoms with Crippen LogP contribution in [0.3, 0.4) is 0 Å². The van der Waals surface area contributed by atoms with Crippen molar-refractivity contribution in [3.63, 3.8) is 0 Å². The zero-order valence-corrected chi connectivity index (χ0v) is 10.6. The summed E-state index contributed by atoms with van der Waals surface area (Å²) in [5.41, 5.74) is -2.03. The summed E-state index contributed by atoms with van der Waals surface area (Å²) in [6, 6.07) is -0.646. The molecule has 0 spiro atoms. The van der Waals surface area contributed by atoms with Gasteiger partial charge in [-0.2, -0.15) is 4.39 Å². The lowest BCUT2D eigenvalue weighted by Crippen LogP contribution is -2.41.